The molecule has 0 aromatic carbocycles. The fourth-order valence-corrected chi connectivity index (χ4v) is 2.89. The normalized spacial score (nSPS) is 27.6. The lowest BCUT2D eigenvalue weighted by Crippen LogP contribution is -3.10. The third-order valence-corrected chi connectivity index (χ3v) is 3.76. The topological polar surface area (TPSA) is 52.5 Å². The van der Waals surface area contributed by atoms with E-state index in [1.54, 1.807) is 0 Å². The van der Waals surface area contributed by atoms with E-state index in [1.807, 2.05) is 17.7 Å². The van der Waals surface area contributed by atoms with E-state index in [2.05, 4.69) is 13.2 Å². The minimum atomic E-state index is -0.0188. The van der Waals surface area contributed by atoms with Crippen molar-refractivity contribution in [2.24, 2.45) is 12.8 Å². The molecule has 1 aliphatic heterocycles. The second-order valence-corrected chi connectivity index (χ2v) is 4.80. The first-order valence-electron chi connectivity index (χ1n) is 5.62. The summed E-state index contributed by atoms with van der Waals surface area (Å²) >= 11 is 0. The third-order valence-electron chi connectivity index (χ3n) is 3.76. The van der Waals surface area contributed by atoms with Crippen molar-refractivity contribution in [3.63, 3.8) is 0 Å². The maximum Gasteiger partial charge on any atom is 0.225 e. The Balaban J connectivity index is 2.29. The van der Waals surface area contributed by atoms with Crippen molar-refractivity contribution in [1.29, 1.82) is 0 Å². The first-order chi connectivity index (χ1) is 7.59. The van der Waals surface area contributed by atoms with Crippen LogP contribution in [0.4, 0.5) is 0 Å². The van der Waals surface area contributed by atoms with Crippen LogP contribution < -0.4 is 10.6 Å². The van der Waals surface area contributed by atoms with Crippen LogP contribution in [-0.4, -0.2) is 23.9 Å². The molecule has 0 bridgehead atoms. The average molecular weight is 218 g/mol. The summed E-state index contributed by atoms with van der Waals surface area (Å²) in [5.74, 6) is -0.0188. The van der Waals surface area contributed by atoms with E-state index in [9.17, 15) is 4.79 Å². The van der Waals surface area contributed by atoms with Crippen LogP contribution in [0.15, 0.2) is 18.0 Å². The molecule has 3 N–H and O–H groups in total. The second-order valence-electron chi connectivity index (χ2n) is 4.80. The zero-order chi connectivity index (χ0) is 11.4. The minimum Gasteiger partial charge on any atom is -0.396 e. The zero-order valence-electron chi connectivity index (χ0n) is 9.58. The standard InChI is InChI=1S/C12H15N3O/c1-14-4-3-7-6-15(2)11-10(7)9(14)5-8(13)12(11)16/h5-6,9H,3-4,13H2,1-2H3/p+1. The molecule has 3 rings (SSSR count). The number of carbonyl (C=O) groups excluding carboxylic acids is 1. The van der Waals surface area contributed by atoms with Crippen LogP contribution in [0.3, 0.4) is 0 Å². The lowest BCUT2D eigenvalue weighted by Gasteiger charge is -2.30. The molecule has 4 heteroatoms. The van der Waals surface area contributed by atoms with Gasteiger partial charge in [-0.25, -0.2) is 0 Å². The van der Waals surface area contributed by atoms with Crippen LogP contribution in [0, 0.1) is 0 Å². The summed E-state index contributed by atoms with van der Waals surface area (Å²) in [7, 11) is 4.08. The number of allylic oxidation sites excluding steroid dienone is 1. The molecular formula is C12H16N3O+. The smallest absolute Gasteiger partial charge is 0.225 e. The number of aryl methyl sites for hydroxylation is 1. The highest BCUT2D eigenvalue weighted by molar-refractivity contribution is 6.09. The Hall–Kier alpha value is -1.55. The van der Waals surface area contributed by atoms with E-state index in [1.165, 1.54) is 16.0 Å². The number of Topliss-reactive ketones (excluding diaryl/α,β-unsaturated/α-hetero) is 1. The fraction of sp³-hybridized carbons (Fsp3) is 0.417. The van der Waals surface area contributed by atoms with Gasteiger partial charge in [0.05, 0.1) is 19.3 Å². The number of carbonyl (C=O) groups is 1. The van der Waals surface area contributed by atoms with Gasteiger partial charge in [0.25, 0.3) is 0 Å². The lowest BCUT2D eigenvalue weighted by atomic mass is 9.88. The summed E-state index contributed by atoms with van der Waals surface area (Å²) in [6.45, 7) is 1.10. The van der Waals surface area contributed by atoms with Crippen molar-refractivity contribution < 1.29 is 9.69 Å². The number of aromatic nitrogens is 1. The number of quaternary nitrogens is 1. The molecule has 2 unspecified atom stereocenters. The second kappa shape index (κ2) is 2.98. The maximum atomic E-state index is 12.0. The van der Waals surface area contributed by atoms with Crippen LogP contribution in [0.5, 0.6) is 0 Å². The number of hydrogen-bond donors (Lipinski definition) is 2. The molecule has 2 aliphatic rings. The number of likely N-dealkylation sites (N-methyl/N-ethyl adjacent to an activating group) is 1. The Morgan fingerprint density at radius 1 is 1.56 bits per heavy atom. The van der Waals surface area contributed by atoms with E-state index in [-0.39, 0.29) is 11.8 Å². The summed E-state index contributed by atoms with van der Waals surface area (Å²) in [6.07, 6.45) is 5.05. The van der Waals surface area contributed by atoms with Gasteiger partial charge in [-0.3, -0.25) is 4.79 Å². The van der Waals surface area contributed by atoms with Crippen molar-refractivity contribution in [2.75, 3.05) is 13.6 Å². The van der Waals surface area contributed by atoms with Crippen molar-refractivity contribution >= 4 is 5.78 Å². The minimum absolute atomic E-state index is 0.0188. The van der Waals surface area contributed by atoms with E-state index in [0.717, 1.165) is 18.7 Å². The van der Waals surface area contributed by atoms with Gasteiger partial charge in [-0.15, -0.1) is 0 Å². The number of hydrogen-bond acceptors (Lipinski definition) is 2. The molecule has 0 amide bonds. The van der Waals surface area contributed by atoms with E-state index in [4.69, 9.17) is 5.73 Å². The summed E-state index contributed by atoms with van der Waals surface area (Å²) in [5, 5.41) is 0. The van der Waals surface area contributed by atoms with Gasteiger partial charge in [-0.05, 0) is 5.56 Å². The first kappa shape index (κ1) is 9.66. The molecule has 1 aliphatic carbocycles. The Kier molecular flexibility index (Phi) is 1.80. The number of nitrogens with two attached hydrogens (primary N) is 1. The highest BCUT2D eigenvalue weighted by Crippen LogP contribution is 2.31. The third kappa shape index (κ3) is 1.05. The van der Waals surface area contributed by atoms with Gasteiger partial charge in [0, 0.05) is 31.3 Å². The Labute approximate surface area is 94.3 Å². The SMILES string of the molecule is Cn1cc2c3c1C(=O)C(N)=CC3[NH+](C)CC2. The van der Waals surface area contributed by atoms with Crippen LogP contribution in [-0.2, 0) is 13.5 Å². The molecule has 0 saturated carbocycles. The molecular weight excluding hydrogens is 202 g/mol. The van der Waals surface area contributed by atoms with Crippen molar-refractivity contribution in [3.05, 3.63) is 34.8 Å². The molecule has 2 heterocycles. The Morgan fingerprint density at radius 3 is 3.06 bits per heavy atom. The van der Waals surface area contributed by atoms with Gasteiger partial charge in [-0.2, -0.15) is 0 Å². The highest BCUT2D eigenvalue weighted by atomic mass is 16.1. The Morgan fingerprint density at radius 2 is 2.31 bits per heavy atom. The van der Waals surface area contributed by atoms with Gasteiger partial charge in [0.1, 0.15) is 11.7 Å². The monoisotopic (exact) mass is 218 g/mol. The van der Waals surface area contributed by atoms with Gasteiger partial charge < -0.3 is 15.2 Å². The van der Waals surface area contributed by atoms with Crippen molar-refractivity contribution in [3.8, 4) is 0 Å². The number of ketones is 1. The molecule has 0 fully saturated rings. The molecule has 0 saturated heterocycles. The number of nitrogens with zero attached hydrogens (tertiary/aromatic N) is 1. The van der Waals surface area contributed by atoms with E-state index < -0.39 is 0 Å². The summed E-state index contributed by atoms with van der Waals surface area (Å²) in [4.78, 5) is 13.4. The lowest BCUT2D eigenvalue weighted by molar-refractivity contribution is -0.907. The summed E-state index contributed by atoms with van der Waals surface area (Å²) in [6, 6.07) is 0.262. The predicted molar refractivity (Wildman–Crippen MR) is 60.2 cm³/mol. The molecule has 0 radical (unpaired) electrons. The molecule has 1 aromatic rings. The zero-order valence-corrected chi connectivity index (χ0v) is 9.58. The summed E-state index contributed by atoms with van der Waals surface area (Å²) in [5.41, 5.74) is 9.50. The molecule has 84 valence electrons. The average Bonchev–Trinajstić information content (AvgIpc) is 2.57. The molecule has 2 atom stereocenters. The maximum absolute atomic E-state index is 12.0. The van der Waals surface area contributed by atoms with Crippen LogP contribution in [0.1, 0.15) is 27.7 Å². The van der Waals surface area contributed by atoms with Crippen LogP contribution in [0.2, 0.25) is 0 Å². The summed E-state index contributed by atoms with van der Waals surface area (Å²) < 4.78 is 1.93. The van der Waals surface area contributed by atoms with E-state index in [0.29, 0.717) is 5.70 Å². The fourth-order valence-electron chi connectivity index (χ4n) is 2.89. The molecule has 0 spiro atoms. The van der Waals surface area contributed by atoms with Crippen molar-refractivity contribution in [2.45, 2.75) is 12.5 Å². The van der Waals surface area contributed by atoms with Crippen LogP contribution >= 0.6 is 0 Å². The molecule has 16 heavy (non-hydrogen) atoms. The van der Waals surface area contributed by atoms with Crippen molar-refractivity contribution in [1.82, 2.24) is 4.57 Å². The van der Waals surface area contributed by atoms with Gasteiger partial charge >= 0.3 is 0 Å². The first-order valence-corrected chi connectivity index (χ1v) is 5.62. The number of rotatable bonds is 0. The van der Waals surface area contributed by atoms with Gasteiger partial charge in [-0.1, -0.05) is 0 Å². The van der Waals surface area contributed by atoms with E-state index >= 15 is 0 Å². The highest BCUT2D eigenvalue weighted by Gasteiger charge is 2.38. The van der Waals surface area contributed by atoms with Gasteiger partial charge in [0.15, 0.2) is 0 Å². The predicted octanol–water partition coefficient (Wildman–Crippen LogP) is -0.824. The number of nitrogens with one attached hydrogen (secondary N) is 1. The molecule has 4 nitrogen and oxygen atoms in total. The van der Waals surface area contributed by atoms with Crippen LogP contribution in [0.25, 0.3) is 0 Å². The molecule has 1 aromatic heterocycles. The largest absolute Gasteiger partial charge is 0.396 e. The van der Waals surface area contributed by atoms with Gasteiger partial charge in [0.2, 0.25) is 5.78 Å². The Bertz CT molecular complexity index is 513. The quantitative estimate of drug-likeness (QED) is 0.597.